The first-order chi connectivity index (χ1) is 20.4. The van der Waals surface area contributed by atoms with Crippen molar-refractivity contribution < 1.29 is 43.9 Å². The minimum atomic E-state index is -1.05. The Bertz CT molecular complexity index is 1520. The molecule has 4 bridgehead atoms. The van der Waals surface area contributed by atoms with Crippen molar-refractivity contribution in [2.75, 3.05) is 33.6 Å². The van der Waals surface area contributed by atoms with Gasteiger partial charge in [-0.3, -0.25) is 19.4 Å². The lowest BCUT2D eigenvalue weighted by Gasteiger charge is -2.62. The number of carbonyl (C=O) groups excluding carboxylic acids is 2. The number of piperazine rings is 1. The number of hydrogen-bond donors (Lipinski definition) is 4. The van der Waals surface area contributed by atoms with Crippen LogP contribution in [0.2, 0.25) is 0 Å². The Balaban J connectivity index is 1.69. The van der Waals surface area contributed by atoms with Crippen molar-refractivity contribution in [3.63, 3.8) is 0 Å². The molecule has 2 aromatic carbocycles. The second-order valence-electron chi connectivity index (χ2n) is 11.6. The Kier molecular flexibility index (Phi) is 7.45. The van der Waals surface area contributed by atoms with Crippen molar-refractivity contribution in [1.29, 1.82) is 0 Å². The van der Waals surface area contributed by atoms with E-state index in [9.17, 15) is 24.9 Å². The molecule has 43 heavy (non-hydrogen) atoms. The highest BCUT2D eigenvalue weighted by molar-refractivity contribution is 7.99. The van der Waals surface area contributed by atoms with E-state index >= 15 is 0 Å². The Labute approximate surface area is 253 Å². The van der Waals surface area contributed by atoms with E-state index in [1.54, 1.807) is 6.92 Å². The molecule has 4 aliphatic heterocycles. The summed E-state index contributed by atoms with van der Waals surface area (Å²) in [7, 11) is 4.84. The van der Waals surface area contributed by atoms with Gasteiger partial charge in [-0.25, -0.2) is 0 Å². The van der Waals surface area contributed by atoms with Crippen LogP contribution >= 0.6 is 11.8 Å². The van der Waals surface area contributed by atoms with E-state index in [1.807, 2.05) is 24.9 Å². The number of cyclic esters (lactones) is 1. The van der Waals surface area contributed by atoms with Crippen LogP contribution in [0.25, 0.3) is 0 Å². The predicted molar refractivity (Wildman–Crippen MR) is 157 cm³/mol. The van der Waals surface area contributed by atoms with Gasteiger partial charge >= 0.3 is 11.9 Å². The number of likely N-dealkylation sites (N-methyl/N-ethyl adjacent to an activating group) is 1. The van der Waals surface area contributed by atoms with Crippen LogP contribution in [0, 0.1) is 13.8 Å². The summed E-state index contributed by atoms with van der Waals surface area (Å²) in [6.45, 7) is 4.63. The van der Waals surface area contributed by atoms with Gasteiger partial charge in [-0.1, -0.05) is 6.07 Å². The van der Waals surface area contributed by atoms with E-state index in [0.717, 1.165) is 11.1 Å². The molecule has 2 fully saturated rings. The molecule has 4 heterocycles. The maximum Gasteiger partial charge on any atom is 0.323 e. The molecule has 5 N–H and O–H groups in total. The van der Waals surface area contributed by atoms with Gasteiger partial charge in [-0.15, -0.1) is 11.8 Å². The average Bonchev–Trinajstić information content (AvgIpc) is 2.95. The predicted octanol–water partition coefficient (Wildman–Crippen LogP) is 1.97. The molecule has 2 saturated heterocycles. The molecule has 0 saturated carbocycles. The number of methoxy groups -OCH3 is 2. The highest BCUT2D eigenvalue weighted by atomic mass is 32.2. The molecule has 2 aromatic rings. The van der Waals surface area contributed by atoms with Gasteiger partial charge in [0.1, 0.15) is 24.6 Å². The van der Waals surface area contributed by atoms with Crippen molar-refractivity contribution in [3.05, 3.63) is 39.4 Å². The number of fused-ring (bicyclic) bond motifs is 7. The number of nitrogens with zero attached hydrogens (tertiary/aromatic N) is 2. The standard InChI is InChI=1S/C30H37N3O9S/c1-11-7-14-8-16-29(37)33-17-9-41-30(38)15(31)10-43-28(22(33)21(32(16)4)18(14)23(35)25(11)39-5)20-19(17)24(36)27(40-6)12(2)26(20)42-13(3)34/h7,15-17,21-22,28-29,35-37H,8-10,31H2,1-6H3/t15-,16?,17-,21+,22+,28+,29-/m0/s1. The van der Waals surface area contributed by atoms with Gasteiger partial charge in [0.05, 0.1) is 37.6 Å². The van der Waals surface area contributed by atoms with Crippen LogP contribution in [-0.2, 0) is 20.7 Å². The Morgan fingerprint density at radius 2 is 1.77 bits per heavy atom. The zero-order valence-electron chi connectivity index (χ0n) is 24.9. The van der Waals surface area contributed by atoms with Crippen molar-refractivity contribution in [1.82, 2.24) is 9.80 Å². The van der Waals surface area contributed by atoms with Crippen LogP contribution in [0.3, 0.4) is 0 Å². The minimum absolute atomic E-state index is 0.0272. The summed E-state index contributed by atoms with van der Waals surface area (Å²) in [5.74, 6) is -0.431. The highest BCUT2D eigenvalue weighted by Gasteiger charge is 2.60. The summed E-state index contributed by atoms with van der Waals surface area (Å²) in [5, 5.41) is 34.9. The summed E-state index contributed by atoms with van der Waals surface area (Å²) in [4.78, 5) is 29.2. The number of aliphatic hydroxyl groups excluding tert-OH is 1. The molecular weight excluding hydrogens is 578 g/mol. The second-order valence-corrected chi connectivity index (χ2v) is 12.8. The van der Waals surface area contributed by atoms with Crippen LogP contribution < -0.4 is 19.9 Å². The number of aryl methyl sites for hydroxylation is 1. The molecule has 0 spiro atoms. The number of rotatable bonds is 3. The first kappa shape index (κ1) is 29.8. The molecule has 0 radical (unpaired) electrons. The second kappa shape index (κ2) is 10.7. The smallest absolute Gasteiger partial charge is 0.323 e. The molecule has 0 amide bonds. The lowest BCUT2D eigenvalue weighted by molar-refractivity contribution is -0.184. The van der Waals surface area contributed by atoms with Crippen LogP contribution in [0.4, 0.5) is 0 Å². The molecule has 12 nitrogen and oxygen atoms in total. The van der Waals surface area contributed by atoms with Crippen LogP contribution in [0.5, 0.6) is 28.7 Å². The van der Waals surface area contributed by atoms with Gasteiger partial charge in [-0.05, 0) is 38.4 Å². The van der Waals surface area contributed by atoms with Crippen molar-refractivity contribution in [3.8, 4) is 28.7 Å². The highest BCUT2D eigenvalue weighted by Crippen LogP contribution is 2.63. The van der Waals surface area contributed by atoms with Gasteiger partial charge in [0, 0.05) is 41.0 Å². The molecule has 0 aliphatic carbocycles. The summed E-state index contributed by atoms with van der Waals surface area (Å²) in [6, 6.07) is -1.22. The van der Waals surface area contributed by atoms with E-state index in [4.69, 9.17) is 24.7 Å². The summed E-state index contributed by atoms with van der Waals surface area (Å²) in [6.07, 6.45) is -0.615. The molecule has 6 rings (SSSR count). The number of hydrogen-bond acceptors (Lipinski definition) is 13. The topological polar surface area (TPSA) is 164 Å². The Morgan fingerprint density at radius 3 is 2.42 bits per heavy atom. The van der Waals surface area contributed by atoms with Crippen LogP contribution in [0.15, 0.2) is 6.07 Å². The van der Waals surface area contributed by atoms with E-state index in [1.165, 1.54) is 32.9 Å². The number of aromatic hydroxyl groups is 2. The zero-order chi connectivity index (χ0) is 31.1. The Hall–Kier alpha value is -3.23. The van der Waals surface area contributed by atoms with Crippen LogP contribution in [-0.4, -0.2) is 95.0 Å². The first-order valence-electron chi connectivity index (χ1n) is 14.1. The fourth-order valence-electron chi connectivity index (χ4n) is 7.60. The number of carbonyl (C=O) groups is 2. The number of benzene rings is 2. The van der Waals surface area contributed by atoms with E-state index in [-0.39, 0.29) is 41.4 Å². The average molecular weight is 616 g/mol. The van der Waals surface area contributed by atoms with Crippen molar-refractivity contribution in [2.45, 2.75) is 68.9 Å². The van der Waals surface area contributed by atoms with Gasteiger partial charge in [0.15, 0.2) is 23.0 Å². The number of nitrogens with two attached hydrogens (primary N) is 1. The van der Waals surface area contributed by atoms with E-state index in [0.29, 0.717) is 34.4 Å². The largest absolute Gasteiger partial charge is 0.504 e. The molecular formula is C30H37N3O9S. The van der Waals surface area contributed by atoms with Crippen molar-refractivity contribution >= 4 is 23.7 Å². The lowest BCUT2D eigenvalue weighted by atomic mass is 9.73. The maximum absolute atomic E-state index is 12.8. The zero-order valence-corrected chi connectivity index (χ0v) is 25.7. The van der Waals surface area contributed by atoms with Gasteiger partial charge in [0.25, 0.3) is 0 Å². The van der Waals surface area contributed by atoms with E-state index in [2.05, 4.69) is 4.90 Å². The van der Waals surface area contributed by atoms with Gasteiger partial charge < -0.3 is 40.0 Å². The fourth-order valence-corrected chi connectivity index (χ4v) is 9.03. The van der Waals surface area contributed by atoms with Crippen molar-refractivity contribution in [2.24, 2.45) is 5.73 Å². The number of phenolic OH excluding ortho intramolecular Hbond substituents is 2. The molecule has 13 heteroatoms. The third-order valence-corrected chi connectivity index (χ3v) is 10.8. The molecule has 232 valence electrons. The van der Waals surface area contributed by atoms with Gasteiger partial charge in [-0.2, -0.15) is 0 Å². The quantitative estimate of drug-likeness (QED) is 0.293. The lowest BCUT2D eigenvalue weighted by Crippen LogP contribution is -2.69. The summed E-state index contributed by atoms with van der Waals surface area (Å²) < 4.78 is 22.7. The van der Waals surface area contributed by atoms with E-state index < -0.39 is 47.6 Å². The van der Waals surface area contributed by atoms with Gasteiger partial charge in [0.2, 0.25) is 0 Å². The molecule has 7 atom stereocenters. The third kappa shape index (κ3) is 4.27. The number of esters is 2. The monoisotopic (exact) mass is 615 g/mol. The first-order valence-corrected chi connectivity index (χ1v) is 15.2. The number of thioether (sulfide) groups is 1. The number of phenols is 2. The Morgan fingerprint density at radius 1 is 1.09 bits per heavy atom. The molecule has 0 aromatic heterocycles. The molecule has 4 aliphatic rings. The normalized spacial score (nSPS) is 30.0. The number of ether oxygens (including phenoxy) is 4. The van der Waals surface area contributed by atoms with Crippen LogP contribution in [0.1, 0.15) is 57.6 Å². The SMILES string of the molecule is COc1c(C)cc2c(c1O)[C@@H]1[C@@H]3[C@@H]4SC[C@H](N)C(=O)OC[C@@H](c5c(O)c(OC)c(C)c(OC(C)=O)c54)N3[C@@H](O)C(C2)N1C. The number of aliphatic hydroxyl groups is 1. The minimum Gasteiger partial charge on any atom is -0.504 e. The fraction of sp³-hybridized carbons (Fsp3) is 0.533. The summed E-state index contributed by atoms with van der Waals surface area (Å²) in [5.41, 5.74) is 9.92. The summed E-state index contributed by atoms with van der Waals surface area (Å²) >= 11 is 1.35. The maximum atomic E-state index is 12.8. The third-order valence-electron chi connectivity index (χ3n) is 9.34. The molecule has 1 unspecified atom stereocenters.